The molecule has 0 bridgehead atoms. The van der Waals surface area contributed by atoms with Gasteiger partial charge in [-0.05, 0) is 47.5 Å². The summed E-state index contributed by atoms with van der Waals surface area (Å²) in [6.45, 7) is 4.20. The smallest absolute Gasteiger partial charge is 0.145 e. The fraction of sp³-hybridized carbons (Fsp3) is 0.133. The second kappa shape index (κ2) is 4.25. The normalized spacial score (nSPS) is 11.1. The van der Waals surface area contributed by atoms with Crippen LogP contribution in [-0.4, -0.2) is 9.38 Å². The fourth-order valence-corrected chi connectivity index (χ4v) is 2.91. The predicted octanol–water partition coefficient (Wildman–Crippen LogP) is 4.38. The van der Waals surface area contributed by atoms with Crippen molar-refractivity contribution in [1.82, 2.24) is 9.38 Å². The van der Waals surface area contributed by atoms with Crippen molar-refractivity contribution in [1.29, 1.82) is 0 Å². The molecule has 0 atom stereocenters. The highest BCUT2D eigenvalue weighted by molar-refractivity contribution is 9.10. The number of pyridine rings is 1. The van der Waals surface area contributed by atoms with Gasteiger partial charge in [0.2, 0.25) is 0 Å². The van der Waals surface area contributed by atoms with Crippen LogP contribution in [0.1, 0.15) is 11.1 Å². The van der Waals surface area contributed by atoms with Gasteiger partial charge >= 0.3 is 0 Å². The van der Waals surface area contributed by atoms with Crippen molar-refractivity contribution in [2.75, 3.05) is 0 Å². The molecule has 3 aromatic rings. The molecule has 1 aromatic carbocycles. The molecule has 0 amide bonds. The lowest BCUT2D eigenvalue weighted by Gasteiger charge is -2.03. The van der Waals surface area contributed by atoms with Crippen LogP contribution in [0.2, 0.25) is 0 Å². The van der Waals surface area contributed by atoms with Gasteiger partial charge in [0.1, 0.15) is 10.4 Å². The second-order valence-electron chi connectivity index (χ2n) is 4.51. The number of aryl methyl sites for hydroxylation is 2. The standard InChI is InChI=1S/C15H13BrN2/c1-10-5-3-7-12(9-10)15-17-14(16)13-11(2)6-4-8-18(13)15/h3-9H,1-2H3. The Morgan fingerprint density at radius 1 is 1.11 bits per heavy atom. The molecule has 0 aliphatic rings. The summed E-state index contributed by atoms with van der Waals surface area (Å²) < 4.78 is 3.03. The minimum Gasteiger partial charge on any atom is -0.298 e. The Hall–Kier alpha value is -1.61. The number of aromatic nitrogens is 2. The summed E-state index contributed by atoms with van der Waals surface area (Å²) in [5.74, 6) is 0.976. The van der Waals surface area contributed by atoms with Crippen LogP contribution in [-0.2, 0) is 0 Å². The van der Waals surface area contributed by atoms with E-state index in [4.69, 9.17) is 0 Å². The molecule has 2 aromatic heterocycles. The highest BCUT2D eigenvalue weighted by Crippen LogP contribution is 2.28. The van der Waals surface area contributed by atoms with Gasteiger partial charge in [-0.3, -0.25) is 4.40 Å². The first-order chi connectivity index (χ1) is 8.66. The number of fused-ring (bicyclic) bond motifs is 1. The Morgan fingerprint density at radius 3 is 2.72 bits per heavy atom. The van der Waals surface area contributed by atoms with Crippen LogP contribution in [0.4, 0.5) is 0 Å². The summed E-state index contributed by atoms with van der Waals surface area (Å²) in [5, 5.41) is 0. The molecule has 0 aliphatic heterocycles. The number of benzene rings is 1. The van der Waals surface area contributed by atoms with E-state index >= 15 is 0 Å². The fourth-order valence-electron chi connectivity index (χ4n) is 2.24. The number of hydrogen-bond donors (Lipinski definition) is 0. The number of imidazole rings is 1. The van der Waals surface area contributed by atoms with Gasteiger partial charge in [-0.15, -0.1) is 0 Å². The minimum absolute atomic E-state index is 0.900. The zero-order valence-corrected chi connectivity index (χ0v) is 11.9. The predicted molar refractivity (Wildman–Crippen MR) is 77.8 cm³/mol. The highest BCUT2D eigenvalue weighted by atomic mass is 79.9. The third kappa shape index (κ3) is 1.75. The zero-order chi connectivity index (χ0) is 12.7. The molecule has 0 aliphatic carbocycles. The first kappa shape index (κ1) is 11.5. The quantitative estimate of drug-likeness (QED) is 0.652. The van der Waals surface area contributed by atoms with Crippen molar-refractivity contribution in [3.8, 4) is 11.4 Å². The molecule has 0 saturated carbocycles. The second-order valence-corrected chi connectivity index (χ2v) is 5.26. The molecule has 2 heterocycles. The molecule has 0 radical (unpaired) electrons. The summed E-state index contributed by atoms with van der Waals surface area (Å²) >= 11 is 3.55. The average molecular weight is 301 g/mol. The van der Waals surface area contributed by atoms with Crippen molar-refractivity contribution in [2.24, 2.45) is 0 Å². The van der Waals surface area contributed by atoms with Gasteiger partial charge in [0.15, 0.2) is 0 Å². The molecular formula is C15H13BrN2. The summed E-state index contributed by atoms with van der Waals surface area (Å²) in [4.78, 5) is 4.64. The largest absolute Gasteiger partial charge is 0.298 e. The van der Waals surface area contributed by atoms with Gasteiger partial charge in [0.05, 0.1) is 5.52 Å². The van der Waals surface area contributed by atoms with Crippen molar-refractivity contribution < 1.29 is 0 Å². The zero-order valence-electron chi connectivity index (χ0n) is 10.3. The van der Waals surface area contributed by atoms with Gasteiger partial charge in [-0.2, -0.15) is 0 Å². The van der Waals surface area contributed by atoms with E-state index in [1.54, 1.807) is 0 Å². The number of rotatable bonds is 1. The lowest BCUT2D eigenvalue weighted by Crippen LogP contribution is -1.90. The topological polar surface area (TPSA) is 17.3 Å². The summed E-state index contributed by atoms with van der Waals surface area (Å²) in [5.41, 5.74) is 4.74. The third-order valence-electron chi connectivity index (χ3n) is 3.10. The van der Waals surface area contributed by atoms with Crippen molar-refractivity contribution in [2.45, 2.75) is 13.8 Å². The molecule has 0 saturated heterocycles. The summed E-state index contributed by atoms with van der Waals surface area (Å²) in [6.07, 6.45) is 2.05. The van der Waals surface area contributed by atoms with Gasteiger partial charge < -0.3 is 0 Å². The van der Waals surface area contributed by atoms with Gasteiger partial charge in [-0.1, -0.05) is 29.8 Å². The van der Waals surface area contributed by atoms with E-state index in [-0.39, 0.29) is 0 Å². The molecule has 0 fully saturated rings. The highest BCUT2D eigenvalue weighted by Gasteiger charge is 2.12. The van der Waals surface area contributed by atoms with E-state index in [0.29, 0.717) is 0 Å². The maximum atomic E-state index is 4.64. The Labute approximate surface area is 114 Å². The van der Waals surface area contributed by atoms with Crippen LogP contribution in [0.25, 0.3) is 16.9 Å². The van der Waals surface area contributed by atoms with E-state index in [1.165, 1.54) is 11.1 Å². The molecular weight excluding hydrogens is 288 g/mol. The van der Waals surface area contributed by atoms with Crippen molar-refractivity contribution in [3.05, 3.63) is 58.3 Å². The molecule has 0 spiro atoms. The molecule has 3 heteroatoms. The lowest BCUT2D eigenvalue weighted by atomic mass is 10.1. The van der Waals surface area contributed by atoms with Crippen LogP contribution in [0.15, 0.2) is 47.2 Å². The van der Waals surface area contributed by atoms with Crippen LogP contribution >= 0.6 is 15.9 Å². The van der Waals surface area contributed by atoms with Gasteiger partial charge in [-0.25, -0.2) is 4.98 Å². The SMILES string of the molecule is Cc1cccc(-c2nc(Br)c3c(C)cccn23)c1. The summed E-state index contributed by atoms with van der Waals surface area (Å²) in [7, 11) is 0. The number of hydrogen-bond acceptors (Lipinski definition) is 1. The Kier molecular flexibility index (Phi) is 2.71. The average Bonchev–Trinajstić information content (AvgIpc) is 2.68. The van der Waals surface area contributed by atoms with Crippen LogP contribution < -0.4 is 0 Å². The monoisotopic (exact) mass is 300 g/mol. The van der Waals surface area contributed by atoms with E-state index < -0.39 is 0 Å². The molecule has 3 rings (SSSR count). The van der Waals surface area contributed by atoms with Crippen LogP contribution in [0.5, 0.6) is 0 Å². The molecule has 2 nitrogen and oxygen atoms in total. The summed E-state index contributed by atoms with van der Waals surface area (Å²) in [6, 6.07) is 12.6. The minimum atomic E-state index is 0.900. The van der Waals surface area contributed by atoms with Crippen molar-refractivity contribution >= 4 is 21.4 Å². The molecule has 0 N–H and O–H groups in total. The van der Waals surface area contributed by atoms with E-state index in [0.717, 1.165) is 21.5 Å². The maximum Gasteiger partial charge on any atom is 0.145 e. The molecule has 18 heavy (non-hydrogen) atoms. The van der Waals surface area contributed by atoms with E-state index in [1.807, 2.05) is 0 Å². The Morgan fingerprint density at radius 2 is 1.94 bits per heavy atom. The lowest BCUT2D eigenvalue weighted by molar-refractivity contribution is 1.15. The molecule has 0 unspecified atom stereocenters. The Bertz CT molecular complexity index is 728. The van der Waals surface area contributed by atoms with Crippen molar-refractivity contribution in [3.63, 3.8) is 0 Å². The molecule has 90 valence electrons. The third-order valence-corrected chi connectivity index (χ3v) is 3.65. The van der Waals surface area contributed by atoms with Gasteiger partial charge in [0.25, 0.3) is 0 Å². The van der Waals surface area contributed by atoms with Gasteiger partial charge in [0, 0.05) is 11.8 Å². The van der Waals surface area contributed by atoms with E-state index in [2.05, 4.69) is 81.8 Å². The van der Waals surface area contributed by atoms with Crippen LogP contribution in [0.3, 0.4) is 0 Å². The maximum absolute atomic E-state index is 4.64. The first-order valence-electron chi connectivity index (χ1n) is 5.87. The number of halogens is 1. The Balaban J connectivity index is 2.34. The van der Waals surface area contributed by atoms with E-state index in [9.17, 15) is 0 Å². The first-order valence-corrected chi connectivity index (χ1v) is 6.66. The number of nitrogens with zero attached hydrogens (tertiary/aromatic N) is 2. The van der Waals surface area contributed by atoms with Crippen LogP contribution in [0, 0.1) is 13.8 Å².